The Morgan fingerprint density at radius 2 is 1.90 bits per heavy atom. The number of nitrogens with one attached hydrogen (secondary N) is 1. The molecular weight excluding hydrogens is 404 g/mol. The van der Waals surface area contributed by atoms with Gasteiger partial charge in [0.2, 0.25) is 0 Å². The summed E-state index contributed by atoms with van der Waals surface area (Å²) in [5.74, 6) is 0.300. The van der Waals surface area contributed by atoms with E-state index in [4.69, 9.17) is 18.9 Å². The van der Waals surface area contributed by atoms with Crippen molar-refractivity contribution in [1.82, 2.24) is 10.2 Å². The SMILES string of the molecule is COc1ccc(CN2CC(OC(C)=O)CC=C(NC(=O)OC(C)(C)C)C2=O)c(OC)c1. The molecule has 1 aliphatic rings. The lowest BCUT2D eigenvalue weighted by molar-refractivity contribution is -0.148. The topological polar surface area (TPSA) is 103 Å². The van der Waals surface area contributed by atoms with E-state index in [1.807, 2.05) is 0 Å². The summed E-state index contributed by atoms with van der Waals surface area (Å²) in [7, 11) is 3.08. The maximum Gasteiger partial charge on any atom is 0.412 e. The summed E-state index contributed by atoms with van der Waals surface area (Å²) in [4.78, 5) is 38.4. The van der Waals surface area contributed by atoms with Gasteiger partial charge >= 0.3 is 12.1 Å². The summed E-state index contributed by atoms with van der Waals surface area (Å²) in [6, 6.07) is 5.28. The average molecular weight is 434 g/mol. The molecule has 0 spiro atoms. The zero-order valence-corrected chi connectivity index (χ0v) is 18.8. The summed E-state index contributed by atoms with van der Waals surface area (Å²) in [6.07, 6.45) is 0.529. The molecule has 0 fully saturated rings. The number of benzene rings is 1. The van der Waals surface area contributed by atoms with Gasteiger partial charge in [-0.25, -0.2) is 4.79 Å². The minimum atomic E-state index is -0.736. The maximum absolute atomic E-state index is 13.2. The molecule has 170 valence electrons. The Bertz CT molecular complexity index is 858. The first-order valence-corrected chi connectivity index (χ1v) is 9.90. The molecule has 9 heteroatoms. The number of alkyl carbamates (subject to hydrolysis) is 1. The molecular formula is C22H30N2O7. The predicted octanol–water partition coefficient (Wildman–Crippen LogP) is 2.78. The molecule has 0 aliphatic carbocycles. The van der Waals surface area contributed by atoms with Gasteiger partial charge in [0.25, 0.3) is 5.91 Å². The third-order valence-electron chi connectivity index (χ3n) is 4.35. The fourth-order valence-corrected chi connectivity index (χ4v) is 3.07. The molecule has 1 heterocycles. The van der Waals surface area contributed by atoms with Crippen LogP contribution in [0.5, 0.6) is 11.5 Å². The van der Waals surface area contributed by atoms with Crippen LogP contribution in [0.2, 0.25) is 0 Å². The van der Waals surface area contributed by atoms with Gasteiger partial charge in [-0.2, -0.15) is 0 Å². The van der Waals surface area contributed by atoms with Crippen molar-refractivity contribution >= 4 is 18.0 Å². The van der Waals surface area contributed by atoms with Gasteiger partial charge in [-0.05, 0) is 32.9 Å². The molecule has 9 nitrogen and oxygen atoms in total. The van der Waals surface area contributed by atoms with E-state index in [0.29, 0.717) is 11.5 Å². The minimum absolute atomic E-state index is 0.0661. The zero-order chi connectivity index (χ0) is 23.2. The molecule has 1 unspecified atom stereocenters. The molecule has 0 saturated heterocycles. The molecule has 1 aromatic carbocycles. The van der Waals surface area contributed by atoms with Gasteiger partial charge in [-0.15, -0.1) is 0 Å². The highest BCUT2D eigenvalue weighted by Gasteiger charge is 2.30. The first kappa shape index (κ1) is 24.0. The van der Waals surface area contributed by atoms with E-state index in [9.17, 15) is 14.4 Å². The van der Waals surface area contributed by atoms with Crippen molar-refractivity contribution in [1.29, 1.82) is 0 Å². The number of carbonyl (C=O) groups excluding carboxylic acids is 3. The molecule has 0 radical (unpaired) electrons. The lowest BCUT2D eigenvalue weighted by atomic mass is 10.1. The standard InChI is InChI=1S/C22H30N2O7/c1-14(25)30-17-9-10-18(23-21(27)31-22(2,3)4)20(26)24(13-17)12-15-7-8-16(28-5)11-19(15)29-6/h7-8,10-11,17H,9,12-13H2,1-6H3,(H,23,27). The number of hydrogen-bond acceptors (Lipinski definition) is 7. The first-order chi connectivity index (χ1) is 14.5. The number of carbonyl (C=O) groups is 3. The number of hydrogen-bond donors (Lipinski definition) is 1. The minimum Gasteiger partial charge on any atom is -0.497 e. The highest BCUT2D eigenvalue weighted by molar-refractivity contribution is 5.96. The molecule has 1 aromatic rings. The number of ether oxygens (including phenoxy) is 4. The fourth-order valence-electron chi connectivity index (χ4n) is 3.07. The number of amides is 2. The second kappa shape index (κ2) is 10.2. The monoisotopic (exact) mass is 434 g/mol. The third-order valence-corrected chi connectivity index (χ3v) is 4.35. The summed E-state index contributed by atoms with van der Waals surface area (Å²) in [5.41, 5.74) is 0.0857. The highest BCUT2D eigenvalue weighted by atomic mass is 16.6. The molecule has 1 N–H and O–H groups in total. The quantitative estimate of drug-likeness (QED) is 0.687. The Morgan fingerprint density at radius 1 is 1.19 bits per heavy atom. The van der Waals surface area contributed by atoms with Gasteiger partial charge in [0, 0.05) is 31.5 Å². The second-order valence-corrected chi connectivity index (χ2v) is 8.08. The Hall–Kier alpha value is -3.23. The van der Waals surface area contributed by atoms with E-state index in [1.54, 1.807) is 52.2 Å². The first-order valence-electron chi connectivity index (χ1n) is 9.90. The number of esters is 1. The molecule has 2 rings (SSSR count). The van der Waals surface area contributed by atoms with Crippen molar-refractivity contribution in [2.75, 3.05) is 20.8 Å². The summed E-state index contributed by atoms with van der Waals surface area (Å²) in [5, 5.41) is 2.52. The lowest BCUT2D eigenvalue weighted by Gasteiger charge is -2.26. The van der Waals surface area contributed by atoms with Gasteiger partial charge in [0.15, 0.2) is 0 Å². The Labute approximate surface area is 182 Å². The van der Waals surface area contributed by atoms with Crippen LogP contribution in [-0.2, 0) is 25.6 Å². The third kappa shape index (κ3) is 7.20. The summed E-state index contributed by atoms with van der Waals surface area (Å²) < 4.78 is 21.2. The molecule has 31 heavy (non-hydrogen) atoms. The van der Waals surface area contributed by atoms with Crippen LogP contribution in [0.3, 0.4) is 0 Å². The molecule has 0 saturated carbocycles. The van der Waals surface area contributed by atoms with Gasteiger partial charge in [-0.1, -0.05) is 6.08 Å². The van der Waals surface area contributed by atoms with Crippen LogP contribution in [0.1, 0.15) is 39.7 Å². The zero-order valence-electron chi connectivity index (χ0n) is 18.8. The predicted molar refractivity (Wildman–Crippen MR) is 113 cm³/mol. The number of nitrogens with zero attached hydrogens (tertiary/aromatic N) is 1. The largest absolute Gasteiger partial charge is 0.497 e. The summed E-state index contributed by atoms with van der Waals surface area (Å²) >= 11 is 0. The number of methoxy groups -OCH3 is 2. The van der Waals surface area contributed by atoms with Crippen LogP contribution in [0.4, 0.5) is 4.79 Å². The molecule has 0 aromatic heterocycles. The van der Waals surface area contributed by atoms with Crippen molar-refractivity contribution in [2.24, 2.45) is 0 Å². The van der Waals surface area contributed by atoms with Crippen LogP contribution >= 0.6 is 0 Å². The molecule has 1 atom stereocenters. The fraction of sp³-hybridized carbons (Fsp3) is 0.500. The Kier molecular flexibility index (Phi) is 7.90. The smallest absolute Gasteiger partial charge is 0.412 e. The van der Waals surface area contributed by atoms with Crippen LogP contribution in [0.15, 0.2) is 30.0 Å². The van der Waals surface area contributed by atoms with Gasteiger partial charge in [-0.3, -0.25) is 14.9 Å². The van der Waals surface area contributed by atoms with E-state index in [2.05, 4.69) is 5.32 Å². The average Bonchev–Trinajstić information content (AvgIpc) is 2.80. The molecule has 0 bridgehead atoms. The normalized spacial score (nSPS) is 16.7. The highest BCUT2D eigenvalue weighted by Crippen LogP contribution is 2.27. The van der Waals surface area contributed by atoms with E-state index in [-0.39, 0.29) is 25.2 Å². The van der Waals surface area contributed by atoms with Crippen LogP contribution < -0.4 is 14.8 Å². The Morgan fingerprint density at radius 3 is 2.48 bits per heavy atom. The van der Waals surface area contributed by atoms with Crippen molar-refractivity contribution in [3.63, 3.8) is 0 Å². The lowest BCUT2D eigenvalue weighted by Crippen LogP contribution is -2.41. The van der Waals surface area contributed by atoms with E-state index in [0.717, 1.165) is 5.56 Å². The molecule has 1 aliphatic heterocycles. The van der Waals surface area contributed by atoms with E-state index < -0.39 is 29.7 Å². The van der Waals surface area contributed by atoms with Crippen molar-refractivity contribution < 1.29 is 33.3 Å². The van der Waals surface area contributed by atoms with Gasteiger partial charge < -0.3 is 23.8 Å². The van der Waals surface area contributed by atoms with E-state index in [1.165, 1.54) is 18.9 Å². The molecule has 2 amide bonds. The van der Waals surface area contributed by atoms with Gasteiger partial charge in [0.1, 0.15) is 28.9 Å². The van der Waals surface area contributed by atoms with Crippen LogP contribution in [0, 0.1) is 0 Å². The van der Waals surface area contributed by atoms with Crippen LogP contribution in [0.25, 0.3) is 0 Å². The summed E-state index contributed by atoms with van der Waals surface area (Å²) in [6.45, 7) is 6.84. The number of rotatable bonds is 6. The van der Waals surface area contributed by atoms with Crippen LogP contribution in [-0.4, -0.2) is 55.3 Å². The van der Waals surface area contributed by atoms with Crippen molar-refractivity contribution in [3.05, 3.63) is 35.5 Å². The van der Waals surface area contributed by atoms with Crippen molar-refractivity contribution in [2.45, 2.75) is 52.4 Å². The van der Waals surface area contributed by atoms with Crippen molar-refractivity contribution in [3.8, 4) is 11.5 Å². The maximum atomic E-state index is 13.2. The van der Waals surface area contributed by atoms with Gasteiger partial charge in [0.05, 0.1) is 20.8 Å². The second-order valence-electron chi connectivity index (χ2n) is 8.08. The van der Waals surface area contributed by atoms with E-state index >= 15 is 0 Å². The Balaban J connectivity index is 2.29.